The lowest BCUT2D eigenvalue weighted by Crippen LogP contribution is -2.64. The van der Waals surface area contributed by atoms with Crippen LogP contribution in [0.15, 0.2) is 41.7 Å². The van der Waals surface area contributed by atoms with Gasteiger partial charge < -0.3 is 116 Å². The summed E-state index contributed by atoms with van der Waals surface area (Å²) in [6.45, 7) is 20.9. The van der Waals surface area contributed by atoms with E-state index in [1.807, 2.05) is 45.9 Å². The summed E-state index contributed by atoms with van der Waals surface area (Å²) >= 11 is 0. The zero-order valence-corrected chi connectivity index (χ0v) is 78.0. The number of carbonyl (C=O) groups excluding carboxylic acids is 12. The summed E-state index contributed by atoms with van der Waals surface area (Å²) in [6, 6.07) is 2.85. The molecule has 0 radical (unpaired) electrons. The van der Waals surface area contributed by atoms with Crippen molar-refractivity contribution in [3.8, 4) is 0 Å². The van der Waals surface area contributed by atoms with Crippen molar-refractivity contribution in [2.75, 3.05) is 121 Å². The third kappa shape index (κ3) is 32.2. The Morgan fingerprint density at radius 3 is 1.94 bits per heavy atom. The van der Waals surface area contributed by atoms with Crippen molar-refractivity contribution in [1.82, 2.24) is 62.2 Å². The largest absolute Gasteiger partial charge is 0.394 e. The van der Waals surface area contributed by atoms with Gasteiger partial charge in [-0.1, -0.05) is 119 Å². The van der Waals surface area contributed by atoms with E-state index in [2.05, 4.69) is 37.5 Å². The summed E-state index contributed by atoms with van der Waals surface area (Å²) in [4.78, 5) is 173. The molecule has 1 aromatic carbocycles. The van der Waals surface area contributed by atoms with Crippen LogP contribution in [-0.2, 0) is 90.6 Å². The number of rotatable bonds is 58. The van der Waals surface area contributed by atoms with E-state index in [4.69, 9.17) is 43.6 Å². The van der Waals surface area contributed by atoms with Crippen molar-refractivity contribution >= 4 is 70.8 Å². The molecule has 6 rings (SSSR count). The Kier molecular flexibility index (Phi) is 47.1. The number of nitrogens with zero attached hydrogens (tertiary/aromatic N) is 5. The highest BCUT2D eigenvalue weighted by Gasteiger charge is 2.50. The van der Waals surface area contributed by atoms with Crippen LogP contribution in [0.2, 0.25) is 0 Å². The van der Waals surface area contributed by atoms with Crippen LogP contribution in [0.1, 0.15) is 203 Å². The lowest BCUT2D eigenvalue weighted by molar-refractivity contribution is -0.266. The third-order valence-corrected chi connectivity index (χ3v) is 25.2. The standard InChI is InChI=1S/C90H151N13O25/c1-16-56(8)78(69(121-14)50-74(110)101-37-26-32-65(101)83(122-15)58(10)84(115)94-59(11)79(111)60-27-19-17-20-28-60)100(13)88(119)62(53(2)3)49-67(106)77(55(6)7)99(12)87(118)61(29-25-36-93-90(91)120)48-66(105)75(54(4)5)96-85(116)63(95-71(107)34-39-123-41-43-125-45-46-126-44-42-124-40-38-102-73(109)47-57(9)86(102)117)30-23-24-35-92-72(108)52-127-68-33-22-18-21-31-64-76(68)97-98-103(64)89-82(114)81(113)80(112)70(51-104)128-89/h17,19-20,27-28,53-59,61-63,65,68-70,75,77-83,89,97-98,104,111-114H,16,18,21-26,29-52H2,1-15H3,(H,92,108)(H,94,115)(H,95,107)(H,96,116)(H3,91,93,120)/t56-,57?,58+,59+,61+,62-,63+,65-,68?,69+,70+,75-,77-,78-,79+,80-,81-,82+,83+,89+/m0/s1. The molecule has 0 aromatic heterocycles. The number of benzene rings is 1. The summed E-state index contributed by atoms with van der Waals surface area (Å²) in [7, 11) is 6.12. The molecule has 38 heteroatoms. The van der Waals surface area contributed by atoms with Gasteiger partial charge in [0.05, 0.1) is 138 Å². The van der Waals surface area contributed by atoms with E-state index < -0.39 is 181 Å². The van der Waals surface area contributed by atoms with Gasteiger partial charge in [-0.05, 0) is 100 Å². The lowest BCUT2D eigenvalue weighted by Gasteiger charge is -2.44. The highest BCUT2D eigenvalue weighted by molar-refractivity contribution is 6.03. The number of ether oxygens (including phenoxy) is 8. The number of amides is 11. The van der Waals surface area contributed by atoms with Gasteiger partial charge in [-0.15, -0.1) is 5.53 Å². The first-order valence-electron chi connectivity index (χ1n) is 45.9. The average Bonchev–Trinajstić information content (AvgIpc) is 1.60. The molecule has 3 saturated heterocycles. The number of hydrogen-bond acceptors (Lipinski definition) is 28. The van der Waals surface area contributed by atoms with Gasteiger partial charge in [0.15, 0.2) is 17.8 Å². The minimum atomic E-state index is -1.62. The molecule has 726 valence electrons. The lowest BCUT2D eigenvalue weighted by atomic mass is 9.83. The Balaban J connectivity index is 1.11. The summed E-state index contributed by atoms with van der Waals surface area (Å²) in [5, 5.41) is 68.5. The topological polar surface area (TPSA) is 506 Å². The first-order chi connectivity index (χ1) is 60.9. The number of primary amides is 1. The van der Waals surface area contributed by atoms with Crippen LogP contribution in [0, 0.1) is 47.3 Å². The molecule has 11 amide bonds. The van der Waals surface area contributed by atoms with E-state index in [1.165, 1.54) is 36.1 Å². The Morgan fingerprint density at radius 1 is 0.680 bits per heavy atom. The summed E-state index contributed by atoms with van der Waals surface area (Å²) in [5.41, 5.74) is 13.4. The van der Waals surface area contributed by atoms with Crippen molar-refractivity contribution in [2.45, 2.75) is 283 Å². The van der Waals surface area contributed by atoms with Crippen LogP contribution in [0.5, 0.6) is 0 Å². The Hall–Kier alpha value is -7.96. The number of carbonyl (C=O) groups is 12. The molecular formula is C90H151N13O25. The molecule has 14 N–H and O–H groups in total. The zero-order chi connectivity index (χ0) is 94.6. The number of unbranched alkanes of at least 4 members (excludes halogenated alkanes) is 1. The molecule has 1 aliphatic carbocycles. The first-order valence-corrected chi connectivity index (χ1v) is 45.9. The molecular weight excluding hydrogens is 1660 g/mol. The molecule has 2 unspecified atom stereocenters. The number of Topliss-reactive ketones (excluding diaryl/α,β-unsaturated/α-hetero) is 2. The fourth-order valence-electron chi connectivity index (χ4n) is 17.6. The molecule has 3 fully saturated rings. The number of likely N-dealkylation sites (N-methyl/N-ethyl adjacent to an activating group) is 2. The van der Waals surface area contributed by atoms with Crippen LogP contribution >= 0.6 is 0 Å². The number of ketones is 2. The van der Waals surface area contributed by atoms with Crippen LogP contribution in [0.25, 0.3) is 0 Å². The number of allylic oxidation sites excluding steroid dienone is 1. The number of methoxy groups -OCH3 is 2. The van der Waals surface area contributed by atoms with E-state index in [0.717, 1.165) is 19.3 Å². The molecule has 38 nitrogen and oxygen atoms in total. The predicted octanol–water partition coefficient (Wildman–Crippen LogP) is 2.33. The molecule has 4 heterocycles. The van der Waals surface area contributed by atoms with Crippen LogP contribution in [0.3, 0.4) is 0 Å². The number of likely N-dealkylation sites (tertiary alicyclic amines) is 2. The molecule has 0 bridgehead atoms. The molecule has 0 saturated carbocycles. The Bertz CT molecular complexity index is 3710. The molecule has 1 aromatic rings. The summed E-state index contributed by atoms with van der Waals surface area (Å²) in [5.74, 6) is -9.51. The van der Waals surface area contributed by atoms with Gasteiger partial charge in [0.25, 0.3) is 0 Å². The quantitative estimate of drug-likeness (QED) is 0.0329. The molecule has 0 spiro atoms. The highest BCUT2D eigenvalue weighted by atomic mass is 16.6. The highest BCUT2D eigenvalue weighted by Crippen LogP contribution is 2.36. The minimum Gasteiger partial charge on any atom is -0.394 e. The van der Waals surface area contributed by atoms with Gasteiger partial charge in [-0.2, -0.15) is 0 Å². The van der Waals surface area contributed by atoms with Crippen molar-refractivity contribution in [3.63, 3.8) is 0 Å². The number of hydrogen-bond donors (Lipinski definition) is 13. The Morgan fingerprint density at radius 2 is 1.34 bits per heavy atom. The van der Waals surface area contributed by atoms with Crippen molar-refractivity contribution in [2.24, 2.45) is 53.1 Å². The number of hydrazine groups is 2. The van der Waals surface area contributed by atoms with E-state index in [1.54, 1.807) is 77.4 Å². The molecule has 4 aliphatic heterocycles. The second kappa shape index (κ2) is 55.4. The van der Waals surface area contributed by atoms with E-state index in [0.29, 0.717) is 62.0 Å². The van der Waals surface area contributed by atoms with E-state index in [9.17, 15) is 63.9 Å². The second-order valence-electron chi connectivity index (χ2n) is 35.7. The van der Waals surface area contributed by atoms with Gasteiger partial charge in [0.2, 0.25) is 53.2 Å². The van der Waals surface area contributed by atoms with Crippen molar-refractivity contribution in [3.05, 3.63) is 47.3 Å². The van der Waals surface area contributed by atoms with Crippen molar-refractivity contribution < 1.29 is 121 Å². The van der Waals surface area contributed by atoms with Crippen molar-refractivity contribution in [1.29, 1.82) is 0 Å². The number of imide groups is 1. The maximum atomic E-state index is 15.3. The number of urea groups is 1. The van der Waals surface area contributed by atoms with Gasteiger partial charge in [0.1, 0.15) is 43.2 Å². The molecule has 20 atom stereocenters. The van der Waals surface area contributed by atoms with Crippen LogP contribution in [0.4, 0.5) is 4.79 Å². The number of nitrogens with two attached hydrogens (primary N) is 1. The van der Waals surface area contributed by atoms with E-state index in [-0.39, 0.29) is 172 Å². The predicted molar refractivity (Wildman–Crippen MR) is 470 cm³/mol. The summed E-state index contributed by atoms with van der Waals surface area (Å²) in [6.07, 6.45) is -5.06. The first kappa shape index (κ1) is 109. The maximum Gasteiger partial charge on any atom is 0.312 e. The maximum absolute atomic E-state index is 15.3. The fourth-order valence-corrected chi connectivity index (χ4v) is 17.6. The number of aliphatic hydroxyl groups is 5. The van der Waals surface area contributed by atoms with Gasteiger partial charge in [-0.3, -0.25) is 62.6 Å². The monoisotopic (exact) mass is 1810 g/mol. The van der Waals surface area contributed by atoms with Crippen LogP contribution < -0.4 is 43.3 Å². The molecule has 5 aliphatic rings. The van der Waals surface area contributed by atoms with Gasteiger partial charge in [0, 0.05) is 91.4 Å². The van der Waals surface area contributed by atoms with Gasteiger partial charge in [-0.25, -0.2) is 4.79 Å². The van der Waals surface area contributed by atoms with E-state index >= 15 is 19.2 Å². The number of nitrogens with one attached hydrogen (secondary N) is 7. The van der Waals surface area contributed by atoms with Gasteiger partial charge >= 0.3 is 6.03 Å². The second-order valence-corrected chi connectivity index (χ2v) is 35.7. The smallest absolute Gasteiger partial charge is 0.312 e. The Labute approximate surface area is 754 Å². The zero-order valence-electron chi connectivity index (χ0n) is 78.0. The van der Waals surface area contributed by atoms with Crippen LogP contribution in [-0.4, -0.2) is 327 Å². The fraction of sp³-hybridized carbons (Fsp3) is 0.778. The average molecular weight is 1820 g/mol. The molecule has 128 heavy (non-hydrogen) atoms. The normalized spacial score (nSPS) is 22.5. The minimum absolute atomic E-state index is 0.0196. The number of aliphatic hydroxyl groups excluding tert-OH is 5. The summed E-state index contributed by atoms with van der Waals surface area (Å²) < 4.78 is 46.7. The third-order valence-electron chi connectivity index (χ3n) is 25.2. The SMILES string of the molecule is CC[C@H](C)[C@@H]([C@@H](CC(=O)N1CCC[C@H]1[C@H](OC)[C@@H](C)C(=O)N[C@H](C)[C@@H](O)c1ccccc1)OC)N(C)C(=O)[C@@H](CC(=O)[C@H](C(C)C)N(C)C(=O)[C@H](CCCNC(N)=O)CC(=O)[C@@H](NC(=O)[C@@H](CCCCNC(=O)COC1CCCCCC2=C1NNN2[C@@H]1O[C@H](CO)[C@H](O)[C@H](O)[C@H]1O)NC(=O)CCOCCOCCOCCOCCN1C(=O)CC(C)C1=O)C(C)C)C(C)C.